The van der Waals surface area contributed by atoms with Crippen LogP contribution in [0.4, 0.5) is 17.6 Å². The second-order valence-electron chi connectivity index (χ2n) is 4.08. The fourth-order valence-electron chi connectivity index (χ4n) is 1.65. The normalized spacial score (nSPS) is 11.3. The van der Waals surface area contributed by atoms with Crippen LogP contribution in [0.3, 0.4) is 0 Å². The van der Waals surface area contributed by atoms with Gasteiger partial charge in [0.2, 0.25) is 5.88 Å². The van der Waals surface area contributed by atoms with Gasteiger partial charge in [-0.15, -0.1) is 0 Å². The van der Waals surface area contributed by atoms with Crippen molar-refractivity contribution in [3.05, 3.63) is 16.7 Å². The standard InChI is InChI=1S/C13H8ClF4N3OS/c1-3-4-6-7-9(8(15)10(14)19-6)20-12(23-2)21-11(7)22-5-13(16,17)18/h5H2,1-2H3. The van der Waals surface area contributed by atoms with Crippen LogP contribution in [0.5, 0.6) is 5.88 Å². The molecule has 10 heteroatoms. The topological polar surface area (TPSA) is 47.9 Å². The summed E-state index contributed by atoms with van der Waals surface area (Å²) in [5.41, 5.74) is -0.349. The average Bonchev–Trinajstić information content (AvgIpc) is 2.49. The molecule has 122 valence electrons. The SMILES string of the molecule is CC#Cc1nc(Cl)c(F)c2nc(SC)nc(OCC(F)(F)F)c12. The Balaban J connectivity index is 2.76. The minimum absolute atomic E-state index is 0.0336. The summed E-state index contributed by atoms with van der Waals surface area (Å²) in [6.45, 7) is -0.103. The summed E-state index contributed by atoms with van der Waals surface area (Å²) in [6, 6.07) is 0. The van der Waals surface area contributed by atoms with Crippen LogP contribution in [0, 0.1) is 17.7 Å². The molecule has 0 aromatic carbocycles. The highest BCUT2D eigenvalue weighted by molar-refractivity contribution is 7.98. The smallest absolute Gasteiger partial charge is 0.422 e. The van der Waals surface area contributed by atoms with Crippen molar-refractivity contribution >= 4 is 34.3 Å². The number of rotatable bonds is 3. The van der Waals surface area contributed by atoms with E-state index in [0.717, 1.165) is 11.8 Å². The van der Waals surface area contributed by atoms with Gasteiger partial charge in [-0.25, -0.2) is 14.4 Å². The first kappa shape index (κ1) is 17.6. The van der Waals surface area contributed by atoms with Gasteiger partial charge in [-0.3, -0.25) is 0 Å². The van der Waals surface area contributed by atoms with E-state index in [-0.39, 0.29) is 21.8 Å². The minimum atomic E-state index is -4.58. The van der Waals surface area contributed by atoms with Gasteiger partial charge in [0, 0.05) is 0 Å². The molecule has 0 fully saturated rings. The fraction of sp³-hybridized carbons (Fsp3) is 0.308. The summed E-state index contributed by atoms with van der Waals surface area (Å²) < 4.78 is 56.1. The van der Waals surface area contributed by atoms with Crippen LogP contribution in [-0.2, 0) is 0 Å². The van der Waals surface area contributed by atoms with E-state index in [1.165, 1.54) is 6.92 Å². The maximum atomic E-state index is 14.2. The average molecular weight is 366 g/mol. The molecule has 0 radical (unpaired) electrons. The van der Waals surface area contributed by atoms with Crippen molar-refractivity contribution < 1.29 is 22.3 Å². The maximum absolute atomic E-state index is 14.2. The quantitative estimate of drug-likeness (QED) is 0.272. The molecule has 4 nitrogen and oxygen atoms in total. The maximum Gasteiger partial charge on any atom is 0.422 e. The summed E-state index contributed by atoms with van der Waals surface area (Å²) in [5.74, 6) is 3.63. The van der Waals surface area contributed by atoms with Crippen LogP contribution in [0.25, 0.3) is 10.9 Å². The molecule has 23 heavy (non-hydrogen) atoms. The molecule has 0 spiro atoms. The summed E-state index contributed by atoms with van der Waals surface area (Å²) in [6.07, 6.45) is -2.99. The van der Waals surface area contributed by atoms with E-state index in [9.17, 15) is 17.6 Å². The number of ether oxygens (including phenoxy) is 1. The van der Waals surface area contributed by atoms with Crippen molar-refractivity contribution in [2.45, 2.75) is 18.3 Å². The van der Waals surface area contributed by atoms with Crippen LogP contribution in [0.1, 0.15) is 12.6 Å². The second kappa shape index (κ2) is 6.76. The van der Waals surface area contributed by atoms with Crippen molar-refractivity contribution in [2.24, 2.45) is 0 Å². The van der Waals surface area contributed by atoms with E-state index < -0.39 is 29.6 Å². The summed E-state index contributed by atoms with van der Waals surface area (Å²) in [7, 11) is 0. The van der Waals surface area contributed by atoms with Crippen molar-refractivity contribution in [2.75, 3.05) is 12.9 Å². The monoisotopic (exact) mass is 365 g/mol. The third kappa shape index (κ3) is 3.95. The summed E-state index contributed by atoms with van der Waals surface area (Å²) in [5, 5.41) is -0.600. The van der Waals surface area contributed by atoms with Gasteiger partial charge in [-0.2, -0.15) is 18.2 Å². The zero-order valence-corrected chi connectivity index (χ0v) is 13.3. The number of alkyl halides is 3. The number of fused-ring (bicyclic) bond motifs is 1. The van der Waals surface area contributed by atoms with Gasteiger partial charge in [0.1, 0.15) is 11.2 Å². The Morgan fingerprint density at radius 3 is 2.52 bits per heavy atom. The van der Waals surface area contributed by atoms with E-state index in [4.69, 9.17) is 16.3 Å². The third-order valence-electron chi connectivity index (χ3n) is 2.49. The molecule has 0 amide bonds. The number of halogens is 5. The van der Waals surface area contributed by atoms with Crippen molar-refractivity contribution in [3.63, 3.8) is 0 Å². The number of pyridine rings is 1. The Hall–Kier alpha value is -1.79. The molecule has 2 heterocycles. The van der Waals surface area contributed by atoms with Crippen LogP contribution in [0.15, 0.2) is 5.16 Å². The molecule has 0 saturated carbocycles. The van der Waals surface area contributed by atoms with E-state index in [1.807, 2.05) is 0 Å². The van der Waals surface area contributed by atoms with Crippen molar-refractivity contribution in [1.82, 2.24) is 15.0 Å². The number of hydrogen-bond donors (Lipinski definition) is 0. The highest BCUT2D eigenvalue weighted by Crippen LogP contribution is 2.32. The lowest BCUT2D eigenvalue weighted by atomic mass is 10.2. The number of aromatic nitrogens is 3. The summed E-state index contributed by atoms with van der Waals surface area (Å²) in [4.78, 5) is 11.5. The molecule has 2 aromatic rings. The van der Waals surface area contributed by atoms with E-state index >= 15 is 0 Å². The van der Waals surface area contributed by atoms with Gasteiger partial charge in [-0.1, -0.05) is 29.3 Å². The Bertz CT molecular complexity index is 817. The second-order valence-corrected chi connectivity index (χ2v) is 5.21. The van der Waals surface area contributed by atoms with Crippen molar-refractivity contribution in [3.8, 4) is 17.7 Å². The first-order valence-corrected chi connectivity index (χ1v) is 7.60. The van der Waals surface area contributed by atoms with E-state index in [2.05, 4.69) is 26.8 Å². The Labute approximate surface area is 137 Å². The predicted octanol–water partition coefficient (Wildman–Crippen LogP) is 3.85. The number of thioether (sulfide) groups is 1. The molecule has 0 atom stereocenters. The molecule has 0 N–H and O–H groups in total. The van der Waals surface area contributed by atoms with E-state index in [0.29, 0.717) is 0 Å². The number of nitrogens with zero attached hydrogens (tertiary/aromatic N) is 3. The Morgan fingerprint density at radius 1 is 1.26 bits per heavy atom. The molecule has 0 unspecified atom stereocenters. The van der Waals surface area contributed by atoms with Gasteiger partial charge < -0.3 is 4.74 Å². The first-order valence-electron chi connectivity index (χ1n) is 6.00. The van der Waals surface area contributed by atoms with Gasteiger partial charge in [0.05, 0.1) is 5.39 Å². The Kier molecular flexibility index (Phi) is 5.16. The molecule has 0 aliphatic rings. The molecule has 0 aliphatic heterocycles. The van der Waals surface area contributed by atoms with Crippen LogP contribution >= 0.6 is 23.4 Å². The van der Waals surface area contributed by atoms with Gasteiger partial charge in [0.15, 0.2) is 22.7 Å². The molecular weight excluding hydrogens is 358 g/mol. The zero-order chi connectivity index (χ0) is 17.2. The molecule has 2 rings (SSSR count). The lowest BCUT2D eigenvalue weighted by molar-refractivity contribution is -0.153. The largest absolute Gasteiger partial charge is 0.467 e. The van der Waals surface area contributed by atoms with Crippen molar-refractivity contribution in [1.29, 1.82) is 0 Å². The third-order valence-corrected chi connectivity index (χ3v) is 3.29. The molecule has 2 aromatic heterocycles. The minimum Gasteiger partial charge on any atom is -0.467 e. The van der Waals surface area contributed by atoms with Crippen LogP contribution in [0.2, 0.25) is 5.15 Å². The Morgan fingerprint density at radius 2 is 1.96 bits per heavy atom. The molecule has 0 saturated heterocycles. The molecular formula is C13H8ClF4N3OS. The lowest BCUT2D eigenvalue weighted by Gasteiger charge is -2.12. The highest BCUT2D eigenvalue weighted by Gasteiger charge is 2.30. The first-order chi connectivity index (χ1) is 10.8. The fourth-order valence-corrected chi connectivity index (χ4v) is 2.18. The highest BCUT2D eigenvalue weighted by atomic mass is 35.5. The molecule has 0 bridgehead atoms. The van der Waals surface area contributed by atoms with Crippen LogP contribution < -0.4 is 4.74 Å². The van der Waals surface area contributed by atoms with Gasteiger partial charge in [-0.05, 0) is 19.1 Å². The lowest BCUT2D eigenvalue weighted by Crippen LogP contribution is -2.20. The number of hydrogen-bond acceptors (Lipinski definition) is 5. The summed E-state index contributed by atoms with van der Waals surface area (Å²) >= 11 is 6.70. The molecule has 0 aliphatic carbocycles. The van der Waals surface area contributed by atoms with Gasteiger partial charge in [0.25, 0.3) is 0 Å². The van der Waals surface area contributed by atoms with Crippen LogP contribution in [-0.4, -0.2) is 34.0 Å². The van der Waals surface area contributed by atoms with Gasteiger partial charge >= 0.3 is 6.18 Å². The van der Waals surface area contributed by atoms with E-state index in [1.54, 1.807) is 6.26 Å². The zero-order valence-electron chi connectivity index (χ0n) is 11.8. The predicted molar refractivity (Wildman–Crippen MR) is 78.2 cm³/mol.